The predicted octanol–water partition coefficient (Wildman–Crippen LogP) is 2.14. The Morgan fingerprint density at radius 3 is 2.60 bits per heavy atom. The van der Waals surface area contributed by atoms with Crippen molar-refractivity contribution in [2.75, 3.05) is 6.61 Å². The number of carbonyl (C=O) groups is 2. The molecule has 0 radical (unpaired) electrons. The van der Waals surface area contributed by atoms with E-state index in [2.05, 4.69) is 5.10 Å². The van der Waals surface area contributed by atoms with E-state index < -0.39 is 23.3 Å². The van der Waals surface area contributed by atoms with Crippen LogP contribution in [0.2, 0.25) is 0 Å². The minimum absolute atomic E-state index is 0.0742. The Morgan fingerprint density at radius 1 is 1.40 bits per heavy atom. The van der Waals surface area contributed by atoms with E-state index in [1.165, 1.54) is 0 Å². The second-order valence-electron chi connectivity index (χ2n) is 3.85. The summed E-state index contributed by atoms with van der Waals surface area (Å²) < 4.78 is 33.2. The van der Waals surface area contributed by atoms with Crippen molar-refractivity contribution in [2.24, 2.45) is 0 Å². The second kappa shape index (κ2) is 5.60. The highest BCUT2D eigenvalue weighted by Gasteiger charge is 2.16. The van der Waals surface area contributed by atoms with Gasteiger partial charge in [0.15, 0.2) is 11.6 Å². The number of halogens is 2. The van der Waals surface area contributed by atoms with Crippen LogP contribution in [0.25, 0.3) is 5.69 Å². The highest BCUT2D eigenvalue weighted by Crippen LogP contribution is 2.19. The highest BCUT2D eigenvalue weighted by molar-refractivity contribution is 5.88. The Kier molecular flexibility index (Phi) is 3.88. The maximum absolute atomic E-state index is 13.8. The summed E-state index contributed by atoms with van der Waals surface area (Å²) >= 11 is 0. The first kappa shape index (κ1) is 13.9. The molecule has 2 rings (SSSR count). The van der Waals surface area contributed by atoms with Gasteiger partial charge in [-0.05, 0) is 19.1 Å². The standard InChI is InChI=1S/C13H10F2N2O3/c1-2-20-13(19)9-5-16-17(6-9)12-10(14)3-8(7-18)4-11(12)15/h3-7H,2H2,1H3. The lowest BCUT2D eigenvalue weighted by Gasteiger charge is -2.05. The van der Waals surface area contributed by atoms with E-state index >= 15 is 0 Å². The van der Waals surface area contributed by atoms with Crippen molar-refractivity contribution < 1.29 is 23.1 Å². The maximum atomic E-state index is 13.8. The largest absolute Gasteiger partial charge is 0.462 e. The number of benzene rings is 1. The molecule has 0 aliphatic carbocycles. The molecule has 0 atom stereocenters. The van der Waals surface area contributed by atoms with Gasteiger partial charge >= 0.3 is 5.97 Å². The molecule has 1 aromatic carbocycles. The van der Waals surface area contributed by atoms with Crippen molar-refractivity contribution in [3.05, 3.63) is 47.3 Å². The smallest absolute Gasteiger partial charge is 0.341 e. The third-order valence-electron chi connectivity index (χ3n) is 2.50. The summed E-state index contributed by atoms with van der Waals surface area (Å²) in [7, 11) is 0. The molecule has 104 valence electrons. The van der Waals surface area contributed by atoms with Crippen molar-refractivity contribution in [3.63, 3.8) is 0 Å². The van der Waals surface area contributed by atoms with Crippen molar-refractivity contribution in [3.8, 4) is 5.69 Å². The van der Waals surface area contributed by atoms with Crippen LogP contribution in [-0.2, 0) is 4.74 Å². The number of aromatic nitrogens is 2. The Hall–Kier alpha value is -2.57. The molecule has 5 nitrogen and oxygen atoms in total. The van der Waals surface area contributed by atoms with Crippen LogP contribution in [0.15, 0.2) is 24.5 Å². The minimum Gasteiger partial charge on any atom is -0.462 e. The van der Waals surface area contributed by atoms with Crippen LogP contribution in [0.3, 0.4) is 0 Å². The Labute approximate surface area is 112 Å². The van der Waals surface area contributed by atoms with Gasteiger partial charge in [-0.2, -0.15) is 5.10 Å². The number of ether oxygens (including phenoxy) is 1. The van der Waals surface area contributed by atoms with Crippen LogP contribution in [0.5, 0.6) is 0 Å². The molecule has 20 heavy (non-hydrogen) atoms. The fourth-order valence-corrected chi connectivity index (χ4v) is 1.64. The van der Waals surface area contributed by atoms with Crippen LogP contribution in [-0.4, -0.2) is 28.6 Å². The normalized spacial score (nSPS) is 10.3. The van der Waals surface area contributed by atoms with E-state index in [0.29, 0.717) is 6.29 Å². The molecule has 0 saturated carbocycles. The summed E-state index contributed by atoms with van der Waals surface area (Å²) in [4.78, 5) is 22.0. The van der Waals surface area contributed by atoms with Gasteiger partial charge in [0.05, 0.1) is 18.4 Å². The van der Waals surface area contributed by atoms with Gasteiger partial charge in [-0.15, -0.1) is 0 Å². The molecule has 0 aliphatic heterocycles. The summed E-state index contributed by atoms with van der Waals surface area (Å²) in [6.07, 6.45) is 2.63. The molecular formula is C13H10F2N2O3. The van der Waals surface area contributed by atoms with E-state index in [0.717, 1.165) is 29.2 Å². The van der Waals surface area contributed by atoms with Gasteiger partial charge in [-0.1, -0.05) is 0 Å². The van der Waals surface area contributed by atoms with Crippen LogP contribution in [0, 0.1) is 11.6 Å². The second-order valence-corrected chi connectivity index (χ2v) is 3.85. The number of hydrogen-bond acceptors (Lipinski definition) is 4. The molecule has 2 aromatic rings. The number of carbonyl (C=O) groups excluding carboxylic acids is 2. The summed E-state index contributed by atoms with van der Waals surface area (Å²) in [5.41, 5.74) is -0.516. The summed E-state index contributed by atoms with van der Waals surface area (Å²) in [5, 5.41) is 3.71. The van der Waals surface area contributed by atoms with Crippen LogP contribution in [0.4, 0.5) is 8.78 Å². The monoisotopic (exact) mass is 280 g/mol. The van der Waals surface area contributed by atoms with Gasteiger partial charge in [0, 0.05) is 11.8 Å². The fourth-order valence-electron chi connectivity index (χ4n) is 1.64. The SMILES string of the molecule is CCOC(=O)c1cnn(-c2c(F)cc(C=O)cc2F)c1. The van der Waals surface area contributed by atoms with Gasteiger partial charge < -0.3 is 4.74 Å². The van der Waals surface area contributed by atoms with Crippen LogP contribution < -0.4 is 0 Å². The average molecular weight is 280 g/mol. The number of rotatable bonds is 4. The quantitative estimate of drug-likeness (QED) is 0.636. The van der Waals surface area contributed by atoms with Gasteiger partial charge in [0.2, 0.25) is 0 Å². The first-order chi connectivity index (χ1) is 9.56. The molecular weight excluding hydrogens is 270 g/mol. The highest BCUT2D eigenvalue weighted by atomic mass is 19.1. The molecule has 1 aromatic heterocycles. The maximum Gasteiger partial charge on any atom is 0.341 e. The molecule has 1 heterocycles. The van der Waals surface area contributed by atoms with E-state index in [-0.39, 0.29) is 17.7 Å². The van der Waals surface area contributed by atoms with Crippen LogP contribution >= 0.6 is 0 Å². The lowest BCUT2D eigenvalue weighted by molar-refractivity contribution is 0.0526. The Morgan fingerprint density at radius 2 is 2.05 bits per heavy atom. The first-order valence-corrected chi connectivity index (χ1v) is 5.73. The summed E-state index contributed by atoms with van der Waals surface area (Å²) in [6, 6.07) is 1.77. The third kappa shape index (κ3) is 2.56. The van der Waals surface area contributed by atoms with Gasteiger partial charge in [-0.25, -0.2) is 18.3 Å². The first-order valence-electron chi connectivity index (χ1n) is 5.73. The minimum atomic E-state index is -0.953. The summed E-state index contributed by atoms with van der Waals surface area (Å²) in [6.45, 7) is 1.82. The van der Waals surface area contributed by atoms with Crippen molar-refractivity contribution in [1.82, 2.24) is 9.78 Å². The molecule has 7 heteroatoms. The number of hydrogen-bond donors (Lipinski definition) is 0. The lowest BCUT2D eigenvalue weighted by Crippen LogP contribution is -2.05. The zero-order chi connectivity index (χ0) is 14.7. The number of nitrogens with zero attached hydrogens (tertiary/aromatic N) is 2. The van der Waals surface area contributed by atoms with Gasteiger partial charge in [0.1, 0.15) is 12.0 Å². The predicted molar refractivity (Wildman–Crippen MR) is 64.8 cm³/mol. The van der Waals surface area contributed by atoms with E-state index in [1.54, 1.807) is 6.92 Å². The molecule has 0 spiro atoms. The number of esters is 1. The summed E-state index contributed by atoms with van der Waals surface area (Å²) in [5.74, 6) is -2.54. The van der Waals surface area contributed by atoms with Crippen molar-refractivity contribution >= 4 is 12.3 Å². The van der Waals surface area contributed by atoms with Crippen molar-refractivity contribution in [2.45, 2.75) is 6.92 Å². The van der Waals surface area contributed by atoms with Gasteiger partial charge in [0.25, 0.3) is 0 Å². The molecule has 0 fully saturated rings. The third-order valence-corrected chi connectivity index (χ3v) is 2.50. The van der Waals surface area contributed by atoms with E-state index in [4.69, 9.17) is 4.74 Å². The average Bonchev–Trinajstić information content (AvgIpc) is 2.87. The fraction of sp³-hybridized carbons (Fsp3) is 0.154. The Balaban J connectivity index is 2.42. The van der Waals surface area contributed by atoms with E-state index in [1.807, 2.05) is 0 Å². The molecule has 0 N–H and O–H groups in total. The zero-order valence-corrected chi connectivity index (χ0v) is 10.5. The lowest BCUT2D eigenvalue weighted by atomic mass is 10.2. The molecule has 0 amide bonds. The molecule has 0 unspecified atom stereocenters. The molecule has 0 bridgehead atoms. The molecule has 0 saturated heterocycles. The van der Waals surface area contributed by atoms with Crippen molar-refractivity contribution in [1.29, 1.82) is 0 Å². The topological polar surface area (TPSA) is 61.2 Å². The van der Waals surface area contributed by atoms with Crippen LogP contribution in [0.1, 0.15) is 27.6 Å². The Bertz CT molecular complexity index is 644. The zero-order valence-electron chi connectivity index (χ0n) is 10.5. The molecule has 0 aliphatic rings. The van der Waals surface area contributed by atoms with Gasteiger partial charge in [-0.3, -0.25) is 4.79 Å². The number of aldehydes is 1. The van der Waals surface area contributed by atoms with E-state index in [9.17, 15) is 18.4 Å².